The number of hydrogen-bond acceptors (Lipinski definition) is 4. The minimum atomic E-state index is -3.03. The Labute approximate surface area is 106 Å². The molecule has 1 fully saturated rings. The third-order valence-electron chi connectivity index (χ3n) is 3.47. The van der Waals surface area contributed by atoms with Crippen LogP contribution < -0.4 is 0 Å². The van der Waals surface area contributed by atoms with Crippen molar-refractivity contribution in [1.82, 2.24) is 14.5 Å². The maximum atomic E-state index is 12.0. The van der Waals surface area contributed by atoms with E-state index in [0.29, 0.717) is 18.8 Å². The Hall–Kier alpha value is -1.43. The van der Waals surface area contributed by atoms with Crippen LogP contribution in [0, 0.1) is 0 Å². The fraction of sp³-hybridized carbons (Fsp3) is 0.500. The highest BCUT2D eigenvalue weighted by atomic mass is 32.2. The standard InChI is InChI=1S/C12H15N3O2S/c1-2-15-11-9(5-3-7-13-11)14-12(15)10-6-4-8-18(10,16)17/h3,5,7,10H,2,4,6,8H2,1H3. The number of hydrogen-bond donors (Lipinski definition) is 0. The SMILES string of the molecule is CCn1c(C2CCCS2(=O)=O)nc2cccnc21. The van der Waals surface area contributed by atoms with E-state index >= 15 is 0 Å². The first kappa shape index (κ1) is 11.6. The molecule has 3 heterocycles. The van der Waals surface area contributed by atoms with Gasteiger partial charge in [0.2, 0.25) is 0 Å². The van der Waals surface area contributed by atoms with Crippen LogP contribution in [0.2, 0.25) is 0 Å². The number of aromatic nitrogens is 3. The Bertz CT molecular complexity index is 690. The number of sulfone groups is 1. The van der Waals surface area contributed by atoms with E-state index in [0.717, 1.165) is 17.6 Å². The molecule has 2 aromatic rings. The molecule has 96 valence electrons. The molecule has 1 aliphatic heterocycles. The molecule has 0 N–H and O–H groups in total. The zero-order valence-corrected chi connectivity index (χ0v) is 11.0. The van der Waals surface area contributed by atoms with Gasteiger partial charge in [0.1, 0.15) is 16.6 Å². The summed E-state index contributed by atoms with van der Waals surface area (Å²) in [5.41, 5.74) is 1.55. The lowest BCUT2D eigenvalue weighted by atomic mass is 10.2. The third kappa shape index (κ3) is 1.63. The van der Waals surface area contributed by atoms with Crippen LogP contribution in [0.5, 0.6) is 0 Å². The van der Waals surface area contributed by atoms with Crippen LogP contribution >= 0.6 is 0 Å². The molecule has 2 aromatic heterocycles. The fourth-order valence-corrected chi connectivity index (χ4v) is 4.50. The average molecular weight is 265 g/mol. The second-order valence-corrected chi connectivity index (χ2v) is 6.86. The number of aryl methyl sites for hydroxylation is 1. The number of fused-ring (bicyclic) bond motifs is 1. The largest absolute Gasteiger partial charge is 0.312 e. The number of pyridine rings is 1. The Morgan fingerprint density at radius 1 is 1.50 bits per heavy atom. The van der Waals surface area contributed by atoms with Crippen molar-refractivity contribution in [2.24, 2.45) is 0 Å². The first-order valence-corrected chi connectivity index (χ1v) is 7.87. The lowest BCUT2D eigenvalue weighted by Crippen LogP contribution is -2.14. The zero-order valence-electron chi connectivity index (χ0n) is 10.2. The van der Waals surface area contributed by atoms with Crippen molar-refractivity contribution in [1.29, 1.82) is 0 Å². The molecular formula is C12H15N3O2S. The first-order valence-electron chi connectivity index (χ1n) is 6.16. The van der Waals surface area contributed by atoms with Crippen molar-refractivity contribution in [3.8, 4) is 0 Å². The minimum Gasteiger partial charge on any atom is -0.312 e. The number of nitrogens with zero attached hydrogens (tertiary/aromatic N) is 3. The lowest BCUT2D eigenvalue weighted by Gasteiger charge is -2.10. The van der Waals surface area contributed by atoms with Crippen molar-refractivity contribution < 1.29 is 8.42 Å². The molecule has 0 saturated carbocycles. The summed E-state index contributed by atoms with van der Waals surface area (Å²) in [6.45, 7) is 2.68. The second kappa shape index (κ2) is 4.05. The van der Waals surface area contributed by atoms with Gasteiger partial charge in [-0.25, -0.2) is 18.4 Å². The normalized spacial score (nSPS) is 22.6. The highest BCUT2D eigenvalue weighted by Crippen LogP contribution is 2.35. The minimum absolute atomic E-state index is 0.276. The Morgan fingerprint density at radius 2 is 2.33 bits per heavy atom. The number of rotatable bonds is 2. The summed E-state index contributed by atoms with van der Waals surface area (Å²) in [7, 11) is -3.03. The van der Waals surface area contributed by atoms with Gasteiger partial charge in [-0.2, -0.15) is 0 Å². The van der Waals surface area contributed by atoms with Gasteiger partial charge in [0.25, 0.3) is 0 Å². The van der Waals surface area contributed by atoms with Crippen LogP contribution in [0.1, 0.15) is 30.8 Å². The molecule has 0 spiro atoms. The average Bonchev–Trinajstić information content (AvgIpc) is 2.87. The predicted octanol–water partition coefficient (Wildman–Crippen LogP) is 1.70. The molecule has 18 heavy (non-hydrogen) atoms. The Balaban J connectivity index is 2.23. The Kier molecular flexibility index (Phi) is 2.62. The monoisotopic (exact) mass is 265 g/mol. The van der Waals surface area contributed by atoms with Crippen LogP contribution in [0.25, 0.3) is 11.2 Å². The Morgan fingerprint density at radius 3 is 3.00 bits per heavy atom. The molecule has 3 rings (SSSR count). The summed E-state index contributed by atoms with van der Waals surface area (Å²) in [5.74, 6) is 0.932. The van der Waals surface area contributed by atoms with Crippen molar-refractivity contribution >= 4 is 21.0 Å². The van der Waals surface area contributed by atoms with E-state index in [4.69, 9.17) is 0 Å². The van der Waals surface area contributed by atoms with E-state index in [1.807, 2.05) is 23.6 Å². The van der Waals surface area contributed by atoms with Crippen LogP contribution in [-0.2, 0) is 16.4 Å². The summed E-state index contributed by atoms with van der Waals surface area (Å²) < 4.78 is 26.0. The molecule has 1 saturated heterocycles. The van der Waals surface area contributed by atoms with E-state index in [1.165, 1.54) is 0 Å². The molecule has 0 bridgehead atoms. The molecule has 5 nitrogen and oxygen atoms in total. The van der Waals surface area contributed by atoms with E-state index in [9.17, 15) is 8.42 Å². The van der Waals surface area contributed by atoms with Crippen molar-refractivity contribution in [2.75, 3.05) is 5.75 Å². The summed E-state index contributed by atoms with van der Waals surface area (Å²) in [5, 5.41) is -0.452. The third-order valence-corrected chi connectivity index (χ3v) is 5.64. The van der Waals surface area contributed by atoms with E-state index in [2.05, 4.69) is 9.97 Å². The summed E-state index contributed by atoms with van der Waals surface area (Å²) >= 11 is 0. The predicted molar refractivity (Wildman–Crippen MR) is 69.0 cm³/mol. The maximum absolute atomic E-state index is 12.0. The van der Waals surface area contributed by atoms with Gasteiger partial charge in [0, 0.05) is 12.7 Å². The molecule has 1 unspecified atom stereocenters. The van der Waals surface area contributed by atoms with E-state index < -0.39 is 15.1 Å². The van der Waals surface area contributed by atoms with Gasteiger partial charge < -0.3 is 4.57 Å². The van der Waals surface area contributed by atoms with E-state index in [1.54, 1.807) is 6.20 Å². The van der Waals surface area contributed by atoms with Gasteiger partial charge in [-0.05, 0) is 31.9 Å². The molecular weight excluding hydrogens is 250 g/mol. The van der Waals surface area contributed by atoms with Crippen LogP contribution in [0.15, 0.2) is 18.3 Å². The quantitative estimate of drug-likeness (QED) is 0.829. The van der Waals surface area contributed by atoms with Gasteiger partial charge in [-0.3, -0.25) is 0 Å². The first-order chi connectivity index (χ1) is 8.63. The summed E-state index contributed by atoms with van der Waals surface area (Å²) in [4.78, 5) is 8.78. The van der Waals surface area contributed by atoms with Gasteiger partial charge in [-0.1, -0.05) is 0 Å². The van der Waals surface area contributed by atoms with Gasteiger partial charge in [-0.15, -0.1) is 0 Å². The van der Waals surface area contributed by atoms with Gasteiger partial charge in [0.15, 0.2) is 15.5 Å². The molecule has 0 aromatic carbocycles. The topological polar surface area (TPSA) is 64.8 Å². The van der Waals surface area contributed by atoms with Gasteiger partial charge >= 0.3 is 0 Å². The summed E-state index contributed by atoms with van der Waals surface area (Å²) in [6, 6.07) is 3.70. The van der Waals surface area contributed by atoms with Crippen LogP contribution in [0.4, 0.5) is 0 Å². The van der Waals surface area contributed by atoms with Crippen LogP contribution in [-0.4, -0.2) is 28.7 Å². The zero-order chi connectivity index (χ0) is 12.8. The smallest absolute Gasteiger partial charge is 0.160 e. The fourth-order valence-electron chi connectivity index (χ4n) is 2.61. The van der Waals surface area contributed by atoms with Crippen molar-refractivity contribution in [3.05, 3.63) is 24.2 Å². The highest BCUT2D eigenvalue weighted by Gasteiger charge is 2.36. The second-order valence-electron chi connectivity index (χ2n) is 4.56. The molecule has 0 aliphatic carbocycles. The molecule has 6 heteroatoms. The van der Waals surface area contributed by atoms with E-state index in [-0.39, 0.29) is 5.75 Å². The summed E-state index contributed by atoms with van der Waals surface area (Å²) in [6.07, 6.45) is 3.11. The lowest BCUT2D eigenvalue weighted by molar-refractivity contribution is 0.582. The van der Waals surface area contributed by atoms with Crippen molar-refractivity contribution in [2.45, 2.75) is 31.6 Å². The molecule has 0 amide bonds. The highest BCUT2D eigenvalue weighted by molar-refractivity contribution is 7.91. The number of imidazole rings is 1. The molecule has 1 atom stereocenters. The molecule has 0 radical (unpaired) electrons. The van der Waals surface area contributed by atoms with Crippen LogP contribution in [0.3, 0.4) is 0 Å². The molecule has 1 aliphatic rings. The van der Waals surface area contributed by atoms with Gasteiger partial charge in [0.05, 0.1) is 5.75 Å². The maximum Gasteiger partial charge on any atom is 0.160 e. The van der Waals surface area contributed by atoms with Crippen molar-refractivity contribution in [3.63, 3.8) is 0 Å².